The number of rotatable bonds is 4. The van der Waals surface area contributed by atoms with Crippen LogP contribution in [0.2, 0.25) is 5.02 Å². The molecule has 94 valence electrons. The van der Waals surface area contributed by atoms with Gasteiger partial charge in [0.1, 0.15) is 6.04 Å². The maximum atomic E-state index is 11.9. The highest BCUT2D eigenvalue weighted by Gasteiger charge is 2.23. The van der Waals surface area contributed by atoms with E-state index >= 15 is 0 Å². The fourth-order valence-corrected chi connectivity index (χ4v) is 2.92. The van der Waals surface area contributed by atoms with Crippen molar-refractivity contribution >= 4 is 27.6 Å². The third-order valence-corrected chi connectivity index (χ3v) is 4.30. The Kier molecular flexibility index (Phi) is 4.13. The highest BCUT2D eigenvalue weighted by molar-refractivity contribution is 7.89. The molecule has 0 aliphatic carbocycles. The first-order chi connectivity index (χ1) is 7.75. The van der Waals surface area contributed by atoms with Crippen LogP contribution in [-0.2, 0) is 14.8 Å². The maximum Gasteiger partial charge on any atom is 0.321 e. The molecule has 1 rings (SSSR count). The predicted octanol–water partition coefficient (Wildman–Crippen LogP) is 1.40. The van der Waals surface area contributed by atoms with Crippen molar-refractivity contribution in [2.24, 2.45) is 0 Å². The number of sulfonamides is 1. The number of carbonyl (C=O) groups is 1. The summed E-state index contributed by atoms with van der Waals surface area (Å²) >= 11 is 5.81. The van der Waals surface area contributed by atoms with Gasteiger partial charge in [-0.15, -0.1) is 0 Å². The summed E-state index contributed by atoms with van der Waals surface area (Å²) < 4.78 is 25.8. The van der Waals surface area contributed by atoms with Gasteiger partial charge in [-0.05, 0) is 31.5 Å². The fourth-order valence-electron chi connectivity index (χ4n) is 1.23. The Morgan fingerprint density at radius 1 is 1.47 bits per heavy atom. The number of carboxylic acids is 1. The lowest BCUT2D eigenvalue weighted by molar-refractivity contribution is -0.138. The average Bonchev–Trinajstić information content (AvgIpc) is 2.21. The molecule has 0 radical (unpaired) electrons. The van der Waals surface area contributed by atoms with Crippen molar-refractivity contribution in [2.75, 3.05) is 0 Å². The molecule has 1 unspecified atom stereocenters. The first-order valence-electron chi connectivity index (χ1n) is 4.76. The largest absolute Gasteiger partial charge is 0.480 e. The van der Waals surface area contributed by atoms with Crippen molar-refractivity contribution < 1.29 is 18.3 Å². The molecule has 0 amide bonds. The molecule has 0 fully saturated rings. The van der Waals surface area contributed by atoms with E-state index in [4.69, 9.17) is 16.7 Å². The summed E-state index contributed by atoms with van der Waals surface area (Å²) in [5.41, 5.74) is 0.388. The van der Waals surface area contributed by atoms with E-state index in [2.05, 4.69) is 4.72 Å². The van der Waals surface area contributed by atoms with Crippen LogP contribution in [0.4, 0.5) is 0 Å². The van der Waals surface area contributed by atoms with Crippen molar-refractivity contribution in [1.29, 1.82) is 0 Å². The Morgan fingerprint density at radius 2 is 2.06 bits per heavy atom. The van der Waals surface area contributed by atoms with Crippen LogP contribution >= 0.6 is 11.6 Å². The molecule has 0 bridgehead atoms. The Hall–Kier alpha value is -1.11. The molecule has 1 atom stereocenters. The number of carboxylic acid groups (broad SMARTS) is 1. The van der Waals surface area contributed by atoms with Gasteiger partial charge in [0.2, 0.25) is 10.0 Å². The van der Waals surface area contributed by atoms with Gasteiger partial charge < -0.3 is 5.11 Å². The number of aliphatic carboxylic acids is 1. The number of hydrogen-bond donors (Lipinski definition) is 2. The van der Waals surface area contributed by atoms with E-state index in [9.17, 15) is 13.2 Å². The predicted molar refractivity (Wildman–Crippen MR) is 63.6 cm³/mol. The van der Waals surface area contributed by atoms with Crippen molar-refractivity contribution in [3.05, 3.63) is 28.8 Å². The minimum absolute atomic E-state index is 0.0156. The zero-order chi connectivity index (χ0) is 13.2. The van der Waals surface area contributed by atoms with Gasteiger partial charge in [-0.3, -0.25) is 4.79 Å². The molecule has 1 aromatic carbocycles. The highest BCUT2D eigenvalue weighted by atomic mass is 35.5. The average molecular weight is 278 g/mol. The van der Waals surface area contributed by atoms with Gasteiger partial charge in [0, 0.05) is 5.02 Å². The Bertz CT molecular complexity index is 541. The molecule has 0 aliphatic rings. The van der Waals surface area contributed by atoms with Gasteiger partial charge in [0.05, 0.1) is 4.90 Å². The normalized spacial score (nSPS) is 13.4. The van der Waals surface area contributed by atoms with Gasteiger partial charge in [-0.25, -0.2) is 8.42 Å². The molecule has 17 heavy (non-hydrogen) atoms. The van der Waals surface area contributed by atoms with Crippen LogP contribution in [0.1, 0.15) is 12.5 Å². The SMILES string of the molecule is Cc1c(Cl)cccc1S(=O)(=O)NC(C)C(=O)O. The molecule has 0 spiro atoms. The molecule has 5 nitrogen and oxygen atoms in total. The number of nitrogens with one attached hydrogen (secondary N) is 1. The number of benzene rings is 1. The summed E-state index contributed by atoms with van der Waals surface area (Å²) in [7, 11) is -3.87. The molecule has 0 saturated heterocycles. The summed E-state index contributed by atoms with van der Waals surface area (Å²) in [5.74, 6) is -1.24. The second kappa shape index (κ2) is 5.03. The van der Waals surface area contributed by atoms with Crippen LogP contribution < -0.4 is 4.72 Å². The Balaban J connectivity index is 3.14. The summed E-state index contributed by atoms with van der Waals surface area (Å²) in [6.45, 7) is 2.81. The first kappa shape index (κ1) is 14.0. The van der Waals surface area contributed by atoms with Crippen molar-refractivity contribution in [3.8, 4) is 0 Å². The number of hydrogen-bond acceptors (Lipinski definition) is 3. The first-order valence-corrected chi connectivity index (χ1v) is 6.62. The highest BCUT2D eigenvalue weighted by Crippen LogP contribution is 2.22. The Labute approximate surface area is 104 Å². The lowest BCUT2D eigenvalue weighted by Gasteiger charge is -2.12. The van der Waals surface area contributed by atoms with E-state index < -0.39 is 22.0 Å². The van der Waals surface area contributed by atoms with E-state index in [1.807, 2.05) is 0 Å². The second-order valence-electron chi connectivity index (χ2n) is 3.54. The zero-order valence-corrected chi connectivity index (χ0v) is 10.8. The lowest BCUT2D eigenvalue weighted by Crippen LogP contribution is -2.38. The van der Waals surface area contributed by atoms with E-state index in [1.165, 1.54) is 19.1 Å². The summed E-state index contributed by atoms with van der Waals surface area (Å²) in [6.07, 6.45) is 0. The molecule has 0 saturated carbocycles. The van der Waals surface area contributed by atoms with E-state index in [-0.39, 0.29) is 4.90 Å². The molecule has 2 N–H and O–H groups in total. The molecule has 7 heteroatoms. The number of halogens is 1. The summed E-state index contributed by atoms with van der Waals surface area (Å²) in [6, 6.07) is 3.24. The van der Waals surface area contributed by atoms with Gasteiger partial charge in [0.15, 0.2) is 0 Å². The van der Waals surface area contributed by atoms with Crippen LogP contribution in [0.15, 0.2) is 23.1 Å². The van der Waals surface area contributed by atoms with Crippen LogP contribution in [0.25, 0.3) is 0 Å². The molecule has 0 aliphatic heterocycles. The minimum atomic E-state index is -3.87. The lowest BCUT2D eigenvalue weighted by atomic mass is 10.2. The molecule has 0 aromatic heterocycles. The van der Waals surface area contributed by atoms with Gasteiger partial charge in [-0.2, -0.15) is 4.72 Å². The smallest absolute Gasteiger partial charge is 0.321 e. The molecular formula is C10H12ClNO4S. The van der Waals surface area contributed by atoms with Gasteiger partial charge >= 0.3 is 5.97 Å². The van der Waals surface area contributed by atoms with Crippen molar-refractivity contribution in [1.82, 2.24) is 4.72 Å². The third kappa shape index (κ3) is 3.18. The Morgan fingerprint density at radius 3 is 2.59 bits per heavy atom. The minimum Gasteiger partial charge on any atom is -0.480 e. The molecule has 1 aromatic rings. The van der Waals surface area contributed by atoms with Crippen LogP contribution in [-0.4, -0.2) is 25.5 Å². The monoisotopic (exact) mass is 277 g/mol. The second-order valence-corrected chi connectivity index (χ2v) is 5.63. The standard InChI is InChI=1S/C10H12ClNO4S/c1-6-8(11)4-3-5-9(6)17(15,16)12-7(2)10(13)14/h3-5,7,12H,1-2H3,(H,13,14). The van der Waals surface area contributed by atoms with Crippen LogP contribution in [0, 0.1) is 6.92 Å². The topological polar surface area (TPSA) is 83.5 Å². The maximum absolute atomic E-state index is 11.9. The van der Waals surface area contributed by atoms with Gasteiger partial charge in [0.25, 0.3) is 0 Å². The third-order valence-electron chi connectivity index (χ3n) is 2.21. The summed E-state index contributed by atoms with van der Waals surface area (Å²) in [4.78, 5) is 10.6. The van der Waals surface area contributed by atoms with E-state index in [0.29, 0.717) is 10.6 Å². The van der Waals surface area contributed by atoms with E-state index in [1.54, 1.807) is 13.0 Å². The molecular weight excluding hydrogens is 266 g/mol. The quantitative estimate of drug-likeness (QED) is 0.871. The summed E-state index contributed by atoms with van der Waals surface area (Å²) in [5, 5.41) is 8.98. The van der Waals surface area contributed by atoms with Crippen molar-refractivity contribution in [3.63, 3.8) is 0 Å². The zero-order valence-electron chi connectivity index (χ0n) is 9.27. The van der Waals surface area contributed by atoms with Crippen molar-refractivity contribution in [2.45, 2.75) is 24.8 Å². The van der Waals surface area contributed by atoms with E-state index in [0.717, 1.165) is 0 Å². The fraction of sp³-hybridized carbons (Fsp3) is 0.300. The van der Waals surface area contributed by atoms with Crippen LogP contribution in [0.3, 0.4) is 0 Å². The van der Waals surface area contributed by atoms with Crippen LogP contribution in [0.5, 0.6) is 0 Å². The molecule has 0 heterocycles. The van der Waals surface area contributed by atoms with Gasteiger partial charge in [-0.1, -0.05) is 17.7 Å².